The highest BCUT2D eigenvalue weighted by Crippen LogP contribution is 2.36. The van der Waals surface area contributed by atoms with Crippen LogP contribution in [0.3, 0.4) is 0 Å². The van der Waals surface area contributed by atoms with Gasteiger partial charge in [-0.3, -0.25) is 9.59 Å². The average Bonchev–Trinajstić information content (AvgIpc) is 2.79. The third-order valence-corrected chi connectivity index (χ3v) is 6.31. The summed E-state index contributed by atoms with van der Waals surface area (Å²) in [6, 6.07) is 6.67. The molecule has 10 heteroatoms. The monoisotopic (exact) mass is 505 g/mol. The molecule has 1 aliphatic rings. The van der Waals surface area contributed by atoms with Gasteiger partial charge in [-0.25, -0.2) is 9.59 Å². The summed E-state index contributed by atoms with van der Waals surface area (Å²) in [5.74, 6) is -2.80. The molecule has 3 atom stereocenters. The molecule has 1 heterocycles. The maximum absolute atomic E-state index is 13.8. The van der Waals surface area contributed by atoms with Crippen LogP contribution in [0.4, 0.5) is 4.79 Å². The summed E-state index contributed by atoms with van der Waals surface area (Å²) in [5, 5.41) is 24.2. The van der Waals surface area contributed by atoms with E-state index in [-0.39, 0.29) is 11.8 Å². The second-order valence-corrected chi connectivity index (χ2v) is 10.7. The Labute approximate surface area is 212 Å². The Bertz CT molecular complexity index is 933. The Kier molecular flexibility index (Phi) is 9.48. The first-order chi connectivity index (χ1) is 16.7. The van der Waals surface area contributed by atoms with E-state index in [9.17, 15) is 29.4 Å². The van der Waals surface area contributed by atoms with Gasteiger partial charge in [0.05, 0.1) is 11.5 Å². The van der Waals surface area contributed by atoms with Gasteiger partial charge in [0.1, 0.15) is 11.6 Å². The molecule has 2 rings (SSSR count). The van der Waals surface area contributed by atoms with Gasteiger partial charge < -0.3 is 30.5 Å². The molecule has 200 valence electrons. The van der Waals surface area contributed by atoms with Crippen molar-refractivity contribution in [3.05, 3.63) is 35.9 Å². The first kappa shape index (κ1) is 29.1. The van der Waals surface area contributed by atoms with Crippen LogP contribution in [0.1, 0.15) is 59.9 Å². The van der Waals surface area contributed by atoms with Crippen LogP contribution in [0.25, 0.3) is 0 Å². The summed E-state index contributed by atoms with van der Waals surface area (Å²) in [4.78, 5) is 52.4. The van der Waals surface area contributed by atoms with E-state index in [0.717, 1.165) is 5.56 Å². The number of piperidine rings is 1. The maximum Gasteiger partial charge on any atom is 0.410 e. The SMILES string of the molecule is CC(C)[C@H](NC(=O)C1(c2ccccc2)CCN(C(=O)OC(C)(C)C)CC1)C(=O)N[C@H](C(=O)O)[C@@H](C)O. The quantitative estimate of drug-likeness (QED) is 0.423. The molecule has 1 aliphatic heterocycles. The summed E-state index contributed by atoms with van der Waals surface area (Å²) in [6.07, 6.45) is -1.12. The van der Waals surface area contributed by atoms with E-state index in [4.69, 9.17) is 4.74 Å². The summed E-state index contributed by atoms with van der Waals surface area (Å²) >= 11 is 0. The lowest BCUT2D eigenvalue weighted by molar-refractivity contribution is -0.145. The topological polar surface area (TPSA) is 145 Å². The van der Waals surface area contributed by atoms with Crippen LogP contribution in [0.15, 0.2) is 30.3 Å². The number of aliphatic carboxylic acids is 1. The molecule has 4 N–H and O–H groups in total. The van der Waals surface area contributed by atoms with Crippen LogP contribution in [-0.4, -0.2) is 75.9 Å². The van der Waals surface area contributed by atoms with Crippen molar-refractivity contribution in [3.8, 4) is 0 Å². The Morgan fingerprint density at radius 1 is 0.972 bits per heavy atom. The van der Waals surface area contributed by atoms with Crippen LogP contribution in [0.2, 0.25) is 0 Å². The van der Waals surface area contributed by atoms with Gasteiger partial charge in [-0.15, -0.1) is 0 Å². The number of aliphatic hydroxyl groups is 1. The largest absolute Gasteiger partial charge is 0.480 e. The highest BCUT2D eigenvalue weighted by atomic mass is 16.6. The molecule has 0 bridgehead atoms. The maximum atomic E-state index is 13.8. The zero-order valence-corrected chi connectivity index (χ0v) is 21.9. The predicted molar refractivity (Wildman–Crippen MR) is 133 cm³/mol. The van der Waals surface area contributed by atoms with E-state index in [1.807, 2.05) is 30.3 Å². The van der Waals surface area contributed by atoms with Crippen LogP contribution < -0.4 is 10.6 Å². The highest BCUT2D eigenvalue weighted by Gasteiger charge is 2.45. The van der Waals surface area contributed by atoms with E-state index in [1.54, 1.807) is 39.5 Å². The fourth-order valence-electron chi connectivity index (χ4n) is 4.25. The van der Waals surface area contributed by atoms with Crippen molar-refractivity contribution in [3.63, 3.8) is 0 Å². The fraction of sp³-hybridized carbons (Fsp3) is 0.615. The van der Waals surface area contributed by atoms with Gasteiger partial charge in [0.2, 0.25) is 11.8 Å². The molecule has 10 nitrogen and oxygen atoms in total. The smallest absolute Gasteiger partial charge is 0.410 e. The van der Waals surface area contributed by atoms with Crippen LogP contribution in [0.5, 0.6) is 0 Å². The summed E-state index contributed by atoms with van der Waals surface area (Å²) in [7, 11) is 0. The number of nitrogens with one attached hydrogen (secondary N) is 2. The van der Waals surface area contributed by atoms with Crippen molar-refractivity contribution in [1.82, 2.24) is 15.5 Å². The van der Waals surface area contributed by atoms with Crippen molar-refractivity contribution in [2.24, 2.45) is 5.92 Å². The van der Waals surface area contributed by atoms with Crippen LogP contribution >= 0.6 is 0 Å². The number of amides is 3. The Morgan fingerprint density at radius 3 is 1.97 bits per heavy atom. The minimum absolute atomic E-state index is 0.291. The standard InChI is InChI=1S/C26H39N3O7/c1-16(2)19(21(31)27-20(17(3)30)22(32)33)28-23(34)26(18-10-8-7-9-11-18)12-14-29(15-13-26)24(35)36-25(4,5)6/h7-11,16-17,19-20,30H,12-15H2,1-6H3,(H,27,31)(H,28,34)(H,32,33)/t17-,19+,20+/m1/s1. The zero-order chi connectivity index (χ0) is 27.3. The molecular weight excluding hydrogens is 466 g/mol. The number of rotatable bonds is 8. The lowest BCUT2D eigenvalue weighted by atomic mass is 9.71. The molecule has 0 unspecified atom stereocenters. The van der Waals surface area contributed by atoms with Crippen molar-refractivity contribution >= 4 is 23.9 Å². The number of carbonyl (C=O) groups is 4. The Morgan fingerprint density at radius 2 is 1.53 bits per heavy atom. The van der Waals surface area contributed by atoms with Crippen molar-refractivity contribution < 1.29 is 34.1 Å². The van der Waals surface area contributed by atoms with Crippen molar-refractivity contribution in [2.75, 3.05) is 13.1 Å². The van der Waals surface area contributed by atoms with Gasteiger partial charge in [-0.1, -0.05) is 44.2 Å². The second kappa shape index (κ2) is 11.7. The molecule has 0 saturated carbocycles. The number of hydrogen-bond acceptors (Lipinski definition) is 6. The molecule has 1 fully saturated rings. The minimum Gasteiger partial charge on any atom is -0.480 e. The highest BCUT2D eigenvalue weighted by molar-refractivity contribution is 5.94. The van der Waals surface area contributed by atoms with Crippen LogP contribution in [0, 0.1) is 5.92 Å². The molecule has 1 aromatic rings. The molecule has 0 aromatic heterocycles. The third kappa shape index (κ3) is 7.19. The number of hydrogen-bond donors (Lipinski definition) is 4. The third-order valence-electron chi connectivity index (χ3n) is 6.31. The lowest BCUT2D eigenvalue weighted by Gasteiger charge is -2.42. The zero-order valence-electron chi connectivity index (χ0n) is 21.9. The number of carboxylic acid groups (broad SMARTS) is 1. The predicted octanol–water partition coefficient (Wildman–Crippen LogP) is 2.05. The first-order valence-electron chi connectivity index (χ1n) is 12.2. The van der Waals surface area contributed by atoms with Gasteiger partial charge in [-0.2, -0.15) is 0 Å². The molecule has 0 spiro atoms. The van der Waals surface area contributed by atoms with Crippen molar-refractivity contribution in [2.45, 2.75) is 83.6 Å². The number of nitrogens with zero attached hydrogens (tertiary/aromatic N) is 1. The van der Waals surface area contributed by atoms with Crippen molar-refractivity contribution in [1.29, 1.82) is 0 Å². The van der Waals surface area contributed by atoms with E-state index < -0.39 is 47.2 Å². The number of ether oxygens (including phenoxy) is 1. The van der Waals surface area contributed by atoms with E-state index in [0.29, 0.717) is 25.9 Å². The van der Waals surface area contributed by atoms with Crippen LogP contribution in [-0.2, 0) is 24.5 Å². The molecule has 1 saturated heterocycles. The molecule has 0 radical (unpaired) electrons. The summed E-state index contributed by atoms with van der Waals surface area (Å²) in [6.45, 7) is 10.7. The molecule has 0 aliphatic carbocycles. The van der Waals surface area contributed by atoms with E-state index in [2.05, 4.69) is 10.6 Å². The van der Waals surface area contributed by atoms with Gasteiger partial charge in [0.15, 0.2) is 6.04 Å². The number of carboxylic acids is 1. The molecule has 36 heavy (non-hydrogen) atoms. The summed E-state index contributed by atoms with van der Waals surface area (Å²) in [5.41, 5.74) is -0.870. The normalized spacial score (nSPS) is 18.1. The molecule has 1 aromatic carbocycles. The van der Waals surface area contributed by atoms with E-state index in [1.165, 1.54) is 6.92 Å². The Hall–Kier alpha value is -3.14. The fourth-order valence-corrected chi connectivity index (χ4v) is 4.25. The van der Waals surface area contributed by atoms with Gasteiger partial charge in [-0.05, 0) is 52.0 Å². The molecule has 3 amide bonds. The lowest BCUT2D eigenvalue weighted by Crippen LogP contribution is -2.60. The average molecular weight is 506 g/mol. The second-order valence-electron chi connectivity index (χ2n) is 10.7. The minimum atomic E-state index is -1.50. The summed E-state index contributed by atoms with van der Waals surface area (Å²) < 4.78 is 5.48. The Balaban J connectivity index is 2.28. The van der Waals surface area contributed by atoms with Gasteiger partial charge in [0.25, 0.3) is 0 Å². The van der Waals surface area contributed by atoms with Gasteiger partial charge in [0, 0.05) is 13.1 Å². The number of carbonyl (C=O) groups excluding carboxylic acids is 3. The van der Waals surface area contributed by atoms with E-state index >= 15 is 0 Å². The number of likely N-dealkylation sites (tertiary alicyclic amines) is 1. The first-order valence-corrected chi connectivity index (χ1v) is 12.2. The number of benzene rings is 1. The number of aliphatic hydroxyl groups excluding tert-OH is 1. The van der Waals surface area contributed by atoms with Gasteiger partial charge >= 0.3 is 12.1 Å². The molecular formula is C26H39N3O7.